The fraction of sp³-hybridized carbons (Fsp3) is 0.647. The van der Waals surface area contributed by atoms with Gasteiger partial charge in [-0.25, -0.2) is 0 Å². The Morgan fingerprint density at radius 3 is 2.84 bits per heavy atom. The van der Waals surface area contributed by atoms with Crippen molar-refractivity contribution in [3.05, 3.63) is 33.8 Å². The molecule has 2 heteroatoms. The second-order valence-corrected chi connectivity index (χ2v) is 6.55. The first-order valence-corrected chi connectivity index (χ1v) is 8.58. The second-order valence-electron chi connectivity index (χ2n) is 5.69. The van der Waals surface area contributed by atoms with Crippen LogP contribution >= 0.6 is 15.9 Å². The predicted octanol–water partition coefficient (Wildman–Crippen LogP) is 5.38. The minimum atomic E-state index is 0.570. The van der Waals surface area contributed by atoms with Crippen LogP contribution < -0.4 is 5.32 Å². The Labute approximate surface area is 126 Å². The van der Waals surface area contributed by atoms with Gasteiger partial charge in [0.25, 0.3) is 0 Å². The molecule has 2 atom stereocenters. The van der Waals surface area contributed by atoms with Crippen molar-refractivity contribution < 1.29 is 0 Å². The van der Waals surface area contributed by atoms with E-state index in [0.29, 0.717) is 12.1 Å². The molecular formula is C17H26BrN. The Morgan fingerprint density at radius 1 is 1.26 bits per heavy atom. The van der Waals surface area contributed by atoms with Crippen LogP contribution in [0.3, 0.4) is 0 Å². The molecule has 0 spiro atoms. The predicted molar refractivity (Wildman–Crippen MR) is 86.6 cm³/mol. The number of nitrogens with one attached hydrogen (secondary N) is 1. The van der Waals surface area contributed by atoms with Gasteiger partial charge in [0.05, 0.1) is 0 Å². The van der Waals surface area contributed by atoms with Crippen molar-refractivity contribution in [2.75, 3.05) is 0 Å². The van der Waals surface area contributed by atoms with Crippen LogP contribution in [0.4, 0.5) is 0 Å². The summed E-state index contributed by atoms with van der Waals surface area (Å²) in [5.41, 5.74) is 3.04. The molecule has 0 aliphatic heterocycles. The first-order valence-electron chi connectivity index (χ1n) is 7.79. The lowest BCUT2D eigenvalue weighted by atomic mass is 10.0. The Bertz CT molecular complexity index is 402. The van der Waals surface area contributed by atoms with Crippen LogP contribution in [-0.4, -0.2) is 6.04 Å². The van der Waals surface area contributed by atoms with Gasteiger partial charge in [0.2, 0.25) is 0 Å². The standard InChI is InChI=1S/C17H26BrN/c1-3-5-8-13(7-4-2)19-17-12-11-14-15(17)9-6-10-16(14)18/h6,9-10,13,17,19H,3-5,7-8,11-12H2,1-2H3. The lowest BCUT2D eigenvalue weighted by Crippen LogP contribution is -2.31. The van der Waals surface area contributed by atoms with Crippen LogP contribution in [0.25, 0.3) is 0 Å². The number of unbranched alkanes of at least 4 members (excludes halogenated alkanes) is 1. The van der Waals surface area contributed by atoms with Gasteiger partial charge in [-0.3, -0.25) is 0 Å². The number of hydrogen-bond donors (Lipinski definition) is 1. The molecule has 0 bridgehead atoms. The van der Waals surface area contributed by atoms with Gasteiger partial charge in [-0.05, 0) is 42.9 Å². The van der Waals surface area contributed by atoms with Crippen LogP contribution in [0, 0.1) is 0 Å². The zero-order chi connectivity index (χ0) is 13.7. The molecule has 2 rings (SSSR count). The first kappa shape index (κ1) is 15.1. The zero-order valence-electron chi connectivity index (χ0n) is 12.2. The van der Waals surface area contributed by atoms with E-state index in [4.69, 9.17) is 0 Å². The number of halogens is 1. The van der Waals surface area contributed by atoms with Gasteiger partial charge in [0.1, 0.15) is 0 Å². The second kappa shape index (κ2) is 7.44. The van der Waals surface area contributed by atoms with Crippen molar-refractivity contribution >= 4 is 15.9 Å². The highest BCUT2D eigenvalue weighted by Gasteiger charge is 2.25. The summed E-state index contributed by atoms with van der Waals surface area (Å²) in [7, 11) is 0. The molecule has 1 N–H and O–H groups in total. The molecule has 0 amide bonds. The monoisotopic (exact) mass is 323 g/mol. The minimum absolute atomic E-state index is 0.570. The first-order chi connectivity index (χ1) is 9.26. The molecule has 1 aromatic rings. The van der Waals surface area contributed by atoms with E-state index in [1.165, 1.54) is 60.5 Å². The largest absolute Gasteiger partial charge is 0.307 e. The molecule has 1 aromatic carbocycles. The van der Waals surface area contributed by atoms with E-state index < -0.39 is 0 Å². The van der Waals surface area contributed by atoms with Gasteiger partial charge in [-0.1, -0.05) is 61.2 Å². The molecule has 0 saturated carbocycles. The van der Waals surface area contributed by atoms with Crippen LogP contribution in [0.5, 0.6) is 0 Å². The summed E-state index contributed by atoms with van der Waals surface area (Å²) in [6.07, 6.45) is 9.01. The van der Waals surface area contributed by atoms with E-state index in [1.807, 2.05) is 0 Å². The van der Waals surface area contributed by atoms with Gasteiger partial charge < -0.3 is 5.32 Å². The van der Waals surface area contributed by atoms with Crippen molar-refractivity contribution in [3.63, 3.8) is 0 Å². The maximum Gasteiger partial charge on any atom is 0.0328 e. The van der Waals surface area contributed by atoms with Gasteiger partial charge in [0.15, 0.2) is 0 Å². The van der Waals surface area contributed by atoms with E-state index in [9.17, 15) is 0 Å². The normalized spacial score (nSPS) is 19.4. The summed E-state index contributed by atoms with van der Waals surface area (Å²) in [5, 5.41) is 3.91. The van der Waals surface area contributed by atoms with E-state index in [1.54, 1.807) is 0 Å². The van der Waals surface area contributed by atoms with Crippen LogP contribution in [0.15, 0.2) is 22.7 Å². The molecule has 0 saturated heterocycles. The van der Waals surface area contributed by atoms with Crippen molar-refractivity contribution in [1.29, 1.82) is 0 Å². The van der Waals surface area contributed by atoms with Crippen molar-refractivity contribution in [1.82, 2.24) is 5.32 Å². The lowest BCUT2D eigenvalue weighted by Gasteiger charge is -2.23. The van der Waals surface area contributed by atoms with Crippen molar-refractivity contribution in [3.8, 4) is 0 Å². The SMILES string of the molecule is CCCCC(CCC)NC1CCc2c(Br)cccc21. The summed E-state index contributed by atoms with van der Waals surface area (Å²) in [5.74, 6) is 0. The molecule has 0 fully saturated rings. The smallest absolute Gasteiger partial charge is 0.0328 e. The van der Waals surface area contributed by atoms with E-state index in [0.717, 1.165) is 0 Å². The zero-order valence-corrected chi connectivity index (χ0v) is 13.8. The highest BCUT2D eigenvalue weighted by molar-refractivity contribution is 9.10. The Kier molecular flexibility index (Phi) is 5.90. The Morgan fingerprint density at radius 2 is 2.11 bits per heavy atom. The molecule has 1 nitrogen and oxygen atoms in total. The van der Waals surface area contributed by atoms with Gasteiger partial charge in [0, 0.05) is 16.6 Å². The highest BCUT2D eigenvalue weighted by atomic mass is 79.9. The van der Waals surface area contributed by atoms with E-state index in [-0.39, 0.29) is 0 Å². The topological polar surface area (TPSA) is 12.0 Å². The maximum absolute atomic E-state index is 3.91. The summed E-state index contributed by atoms with van der Waals surface area (Å²) in [6, 6.07) is 7.90. The molecule has 0 aromatic heterocycles. The number of hydrogen-bond acceptors (Lipinski definition) is 1. The fourth-order valence-corrected chi connectivity index (χ4v) is 3.76. The molecule has 0 heterocycles. The van der Waals surface area contributed by atoms with Gasteiger partial charge in [-0.15, -0.1) is 0 Å². The summed E-state index contributed by atoms with van der Waals surface area (Å²) in [4.78, 5) is 0. The third kappa shape index (κ3) is 3.82. The molecule has 0 radical (unpaired) electrons. The van der Waals surface area contributed by atoms with Gasteiger partial charge in [-0.2, -0.15) is 0 Å². The summed E-state index contributed by atoms with van der Waals surface area (Å²) < 4.78 is 1.29. The van der Waals surface area contributed by atoms with Crippen LogP contribution in [-0.2, 0) is 6.42 Å². The van der Waals surface area contributed by atoms with Gasteiger partial charge >= 0.3 is 0 Å². The quantitative estimate of drug-likeness (QED) is 0.709. The molecule has 2 unspecified atom stereocenters. The van der Waals surface area contributed by atoms with Crippen molar-refractivity contribution in [2.24, 2.45) is 0 Å². The summed E-state index contributed by atoms with van der Waals surface area (Å²) in [6.45, 7) is 4.57. The van der Waals surface area contributed by atoms with Crippen LogP contribution in [0.2, 0.25) is 0 Å². The molecule has 1 aliphatic rings. The van der Waals surface area contributed by atoms with E-state index >= 15 is 0 Å². The Hall–Kier alpha value is -0.340. The van der Waals surface area contributed by atoms with E-state index in [2.05, 4.69) is 53.3 Å². The average molecular weight is 324 g/mol. The number of fused-ring (bicyclic) bond motifs is 1. The maximum atomic E-state index is 3.91. The third-order valence-electron chi connectivity index (χ3n) is 4.19. The fourth-order valence-electron chi connectivity index (χ4n) is 3.18. The van der Waals surface area contributed by atoms with Crippen LogP contribution in [0.1, 0.15) is 69.5 Å². The molecular weight excluding hydrogens is 298 g/mol. The minimum Gasteiger partial charge on any atom is -0.307 e. The average Bonchev–Trinajstić information content (AvgIpc) is 2.81. The van der Waals surface area contributed by atoms with Crippen molar-refractivity contribution in [2.45, 2.75) is 70.9 Å². The summed E-state index contributed by atoms with van der Waals surface area (Å²) >= 11 is 3.69. The molecule has 19 heavy (non-hydrogen) atoms. The number of rotatable bonds is 7. The highest BCUT2D eigenvalue weighted by Crippen LogP contribution is 2.36. The Balaban J connectivity index is 2.02. The number of benzene rings is 1. The molecule has 106 valence electrons. The third-order valence-corrected chi connectivity index (χ3v) is 4.94. The molecule has 1 aliphatic carbocycles. The lowest BCUT2D eigenvalue weighted by molar-refractivity contribution is 0.381.